The minimum atomic E-state index is 0.206. The Kier molecular flexibility index (Phi) is 5.56. The molecule has 1 unspecified atom stereocenters. The van der Waals surface area contributed by atoms with Crippen LogP contribution >= 0.6 is 0 Å². The first-order chi connectivity index (χ1) is 13.2. The molecule has 27 heavy (non-hydrogen) atoms. The molecule has 0 aromatic carbocycles. The van der Waals surface area contributed by atoms with Gasteiger partial charge in [0.25, 0.3) is 0 Å². The molecule has 8 heteroatoms. The van der Waals surface area contributed by atoms with Gasteiger partial charge in [0.05, 0.1) is 24.1 Å². The fourth-order valence-corrected chi connectivity index (χ4v) is 4.44. The van der Waals surface area contributed by atoms with Gasteiger partial charge in [0.1, 0.15) is 0 Å². The zero-order chi connectivity index (χ0) is 18.8. The van der Waals surface area contributed by atoms with Crippen LogP contribution in [-0.2, 0) is 6.54 Å². The van der Waals surface area contributed by atoms with Crippen molar-refractivity contribution in [2.45, 2.75) is 51.2 Å². The van der Waals surface area contributed by atoms with Crippen LogP contribution in [0.25, 0.3) is 0 Å². The SMILES string of the molecule is CC(C)n1cc([C@@H]2CN(Cc3cnnn3C3CCCNC3)C[C@H]2CO)cn1. The van der Waals surface area contributed by atoms with E-state index in [4.69, 9.17) is 0 Å². The number of aromatic nitrogens is 5. The summed E-state index contributed by atoms with van der Waals surface area (Å²) >= 11 is 0. The summed E-state index contributed by atoms with van der Waals surface area (Å²) in [4.78, 5) is 2.42. The van der Waals surface area contributed by atoms with Crippen LogP contribution in [0.5, 0.6) is 0 Å². The van der Waals surface area contributed by atoms with Crippen molar-refractivity contribution in [3.63, 3.8) is 0 Å². The van der Waals surface area contributed by atoms with Gasteiger partial charge >= 0.3 is 0 Å². The molecule has 2 aromatic heterocycles. The molecular weight excluding hydrogens is 342 g/mol. The Morgan fingerprint density at radius 3 is 2.89 bits per heavy atom. The van der Waals surface area contributed by atoms with Crippen molar-refractivity contribution < 1.29 is 5.11 Å². The molecule has 4 heterocycles. The van der Waals surface area contributed by atoms with Crippen molar-refractivity contribution in [3.05, 3.63) is 29.8 Å². The van der Waals surface area contributed by atoms with Gasteiger partial charge in [0, 0.05) is 56.9 Å². The number of rotatable bonds is 6. The quantitative estimate of drug-likeness (QED) is 0.791. The van der Waals surface area contributed by atoms with E-state index in [2.05, 4.69) is 50.4 Å². The lowest BCUT2D eigenvalue weighted by atomic mass is 9.92. The van der Waals surface area contributed by atoms with Crippen LogP contribution in [0.15, 0.2) is 18.6 Å². The van der Waals surface area contributed by atoms with Crippen LogP contribution in [-0.4, -0.2) is 67.6 Å². The summed E-state index contributed by atoms with van der Waals surface area (Å²) in [5, 5.41) is 26.4. The van der Waals surface area contributed by atoms with E-state index in [0.29, 0.717) is 18.0 Å². The average Bonchev–Trinajstić information content (AvgIpc) is 3.41. The number of hydrogen-bond donors (Lipinski definition) is 2. The lowest BCUT2D eigenvalue weighted by molar-refractivity contribution is 0.212. The Morgan fingerprint density at radius 2 is 2.19 bits per heavy atom. The predicted octanol–water partition coefficient (Wildman–Crippen LogP) is 1.19. The number of piperidine rings is 1. The van der Waals surface area contributed by atoms with Gasteiger partial charge in [-0.3, -0.25) is 9.58 Å². The van der Waals surface area contributed by atoms with Gasteiger partial charge in [0.2, 0.25) is 0 Å². The zero-order valence-electron chi connectivity index (χ0n) is 16.3. The molecule has 0 radical (unpaired) electrons. The molecule has 0 bridgehead atoms. The average molecular weight is 374 g/mol. The van der Waals surface area contributed by atoms with Crippen molar-refractivity contribution in [1.82, 2.24) is 35.0 Å². The van der Waals surface area contributed by atoms with E-state index in [0.717, 1.165) is 39.1 Å². The van der Waals surface area contributed by atoms with Crippen LogP contribution in [0.3, 0.4) is 0 Å². The van der Waals surface area contributed by atoms with Crippen LogP contribution in [0.4, 0.5) is 0 Å². The number of likely N-dealkylation sites (tertiary alicyclic amines) is 1. The maximum Gasteiger partial charge on any atom is 0.0738 e. The lowest BCUT2D eigenvalue weighted by Gasteiger charge is -2.25. The smallest absolute Gasteiger partial charge is 0.0738 e. The van der Waals surface area contributed by atoms with E-state index in [1.54, 1.807) is 0 Å². The molecule has 2 aliphatic rings. The van der Waals surface area contributed by atoms with Gasteiger partial charge < -0.3 is 10.4 Å². The molecule has 0 saturated carbocycles. The minimum Gasteiger partial charge on any atom is -0.396 e. The predicted molar refractivity (Wildman–Crippen MR) is 102 cm³/mol. The molecule has 4 rings (SSSR count). The molecule has 0 aliphatic carbocycles. The third-order valence-electron chi connectivity index (χ3n) is 5.98. The van der Waals surface area contributed by atoms with E-state index in [9.17, 15) is 5.11 Å². The van der Waals surface area contributed by atoms with Gasteiger partial charge in [-0.15, -0.1) is 5.10 Å². The van der Waals surface area contributed by atoms with Gasteiger partial charge in [-0.05, 0) is 38.8 Å². The monoisotopic (exact) mass is 373 g/mol. The highest BCUT2D eigenvalue weighted by Crippen LogP contribution is 2.33. The van der Waals surface area contributed by atoms with Gasteiger partial charge in [-0.25, -0.2) is 4.68 Å². The van der Waals surface area contributed by atoms with Crippen LogP contribution in [0.2, 0.25) is 0 Å². The summed E-state index contributed by atoms with van der Waals surface area (Å²) in [6.07, 6.45) is 8.34. The van der Waals surface area contributed by atoms with E-state index in [1.165, 1.54) is 17.7 Å². The van der Waals surface area contributed by atoms with Gasteiger partial charge in [-0.2, -0.15) is 5.10 Å². The summed E-state index contributed by atoms with van der Waals surface area (Å²) in [6, 6.07) is 0.751. The maximum absolute atomic E-state index is 9.92. The van der Waals surface area contributed by atoms with E-state index in [1.807, 2.05) is 17.1 Å². The van der Waals surface area contributed by atoms with Crippen molar-refractivity contribution in [1.29, 1.82) is 0 Å². The Hall–Kier alpha value is -1.77. The first-order valence-electron chi connectivity index (χ1n) is 10.1. The molecule has 148 valence electrons. The second kappa shape index (κ2) is 8.08. The largest absolute Gasteiger partial charge is 0.396 e. The van der Waals surface area contributed by atoms with Crippen molar-refractivity contribution in [2.75, 3.05) is 32.8 Å². The van der Waals surface area contributed by atoms with Gasteiger partial charge in [0.15, 0.2) is 0 Å². The maximum atomic E-state index is 9.92. The highest BCUT2D eigenvalue weighted by Gasteiger charge is 2.35. The first-order valence-corrected chi connectivity index (χ1v) is 10.1. The van der Waals surface area contributed by atoms with Gasteiger partial charge in [-0.1, -0.05) is 5.21 Å². The Labute approximate surface area is 160 Å². The number of aliphatic hydroxyl groups is 1. The molecule has 2 N–H and O–H groups in total. The lowest BCUT2D eigenvalue weighted by Crippen LogP contribution is -2.33. The second-order valence-electron chi connectivity index (χ2n) is 8.26. The Bertz CT molecular complexity index is 734. The normalized spacial score (nSPS) is 26.9. The topological polar surface area (TPSA) is 84.0 Å². The fourth-order valence-electron chi connectivity index (χ4n) is 4.44. The first kappa shape index (κ1) is 18.6. The third-order valence-corrected chi connectivity index (χ3v) is 5.98. The third kappa shape index (κ3) is 3.93. The molecule has 2 fully saturated rings. The Balaban J connectivity index is 1.45. The molecule has 2 aliphatic heterocycles. The van der Waals surface area contributed by atoms with E-state index >= 15 is 0 Å². The fraction of sp³-hybridized carbons (Fsp3) is 0.737. The minimum absolute atomic E-state index is 0.206. The van der Waals surface area contributed by atoms with E-state index < -0.39 is 0 Å². The molecule has 2 saturated heterocycles. The number of nitrogens with one attached hydrogen (secondary N) is 1. The molecule has 0 amide bonds. The summed E-state index contributed by atoms with van der Waals surface area (Å²) in [5.41, 5.74) is 2.40. The van der Waals surface area contributed by atoms with Crippen LogP contribution in [0.1, 0.15) is 55.9 Å². The summed E-state index contributed by atoms with van der Waals surface area (Å²) in [7, 11) is 0. The summed E-state index contributed by atoms with van der Waals surface area (Å²) in [6.45, 7) is 9.19. The number of nitrogens with zero attached hydrogens (tertiary/aromatic N) is 6. The van der Waals surface area contributed by atoms with Crippen molar-refractivity contribution in [3.8, 4) is 0 Å². The molecular formula is C19H31N7O. The van der Waals surface area contributed by atoms with Crippen molar-refractivity contribution >= 4 is 0 Å². The molecule has 3 atom stereocenters. The Morgan fingerprint density at radius 1 is 1.30 bits per heavy atom. The number of aliphatic hydroxyl groups excluding tert-OH is 1. The summed E-state index contributed by atoms with van der Waals surface area (Å²) < 4.78 is 4.10. The standard InChI is InChI=1S/C19H31N7O/c1-14(2)25-10-15(6-22-25)19-12-24(9-16(19)13-27)11-18-8-21-23-26(18)17-4-3-5-20-7-17/h6,8,10,14,16-17,19-20,27H,3-5,7,9,11-13H2,1-2H3/t16-,17?,19-/m0/s1. The number of hydrogen-bond acceptors (Lipinski definition) is 6. The van der Waals surface area contributed by atoms with Crippen LogP contribution in [0, 0.1) is 5.92 Å². The summed E-state index contributed by atoms with van der Waals surface area (Å²) in [5.74, 6) is 0.568. The van der Waals surface area contributed by atoms with E-state index in [-0.39, 0.29) is 12.5 Å². The van der Waals surface area contributed by atoms with Crippen molar-refractivity contribution in [2.24, 2.45) is 5.92 Å². The zero-order valence-corrected chi connectivity index (χ0v) is 16.3. The molecule has 2 aromatic rings. The highest BCUT2D eigenvalue weighted by atomic mass is 16.3. The molecule has 8 nitrogen and oxygen atoms in total. The highest BCUT2D eigenvalue weighted by molar-refractivity contribution is 5.17. The second-order valence-corrected chi connectivity index (χ2v) is 8.26. The molecule has 0 spiro atoms. The van der Waals surface area contributed by atoms with Crippen LogP contribution < -0.4 is 5.32 Å².